The molecule has 0 bridgehead atoms. The molecule has 1 saturated carbocycles. The van der Waals surface area contributed by atoms with Crippen molar-refractivity contribution in [3.05, 3.63) is 39.4 Å². The summed E-state index contributed by atoms with van der Waals surface area (Å²) in [5.74, 6) is 0.512. The van der Waals surface area contributed by atoms with E-state index >= 15 is 0 Å². The van der Waals surface area contributed by atoms with Crippen LogP contribution in [0.5, 0.6) is 0 Å². The summed E-state index contributed by atoms with van der Waals surface area (Å²) in [6.07, 6.45) is 2.13. The third-order valence-corrected chi connectivity index (χ3v) is 3.73. The third-order valence-electron chi connectivity index (χ3n) is 3.49. The summed E-state index contributed by atoms with van der Waals surface area (Å²) in [6.45, 7) is 0.656. The van der Waals surface area contributed by atoms with E-state index in [0.717, 1.165) is 12.8 Å². The van der Waals surface area contributed by atoms with Gasteiger partial charge in [-0.2, -0.15) is 0 Å². The molecular weight excluding hydrogens is 304 g/mol. The molecule has 1 aliphatic carbocycles. The average molecular weight is 321 g/mol. The monoisotopic (exact) mass is 320 g/mol. The fraction of sp³-hybridized carbons (Fsp3) is 0.400. The van der Waals surface area contributed by atoms with Crippen LogP contribution in [0.25, 0.3) is 10.9 Å². The molecule has 2 aromatic rings. The number of halogens is 1. The van der Waals surface area contributed by atoms with Crippen molar-refractivity contribution in [2.75, 3.05) is 13.6 Å². The zero-order chi connectivity index (χ0) is 15.7. The Hall–Kier alpha value is -1.92. The van der Waals surface area contributed by atoms with Gasteiger partial charge in [0.25, 0.3) is 5.56 Å². The van der Waals surface area contributed by atoms with Gasteiger partial charge in [0.05, 0.1) is 24.0 Å². The molecule has 1 aromatic heterocycles. The lowest BCUT2D eigenvalue weighted by Crippen LogP contribution is -2.36. The van der Waals surface area contributed by atoms with Crippen LogP contribution in [0.3, 0.4) is 0 Å². The molecule has 7 heteroatoms. The number of hydrogen-bond donors (Lipinski definition) is 2. The summed E-state index contributed by atoms with van der Waals surface area (Å²) in [5.41, 5.74) is 0.356. The molecule has 1 aliphatic rings. The molecule has 1 amide bonds. The molecule has 0 spiro atoms. The molecule has 0 unspecified atom stereocenters. The number of aromatic amines is 1. The van der Waals surface area contributed by atoms with E-state index in [1.54, 1.807) is 18.2 Å². The zero-order valence-corrected chi connectivity index (χ0v) is 13.0. The summed E-state index contributed by atoms with van der Waals surface area (Å²) in [6, 6.07) is 5.33. The van der Waals surface area contributed by atoms with Crippen LogP contribution < -0.4 is 10.9 Å². The lowest BCUT2D eigenvalue weighted by Gasteiger charge is -2.15. The van der Waals surface area contributed by atoms with Gasteiger partial charge in [0.1, 0.15) is 5.82 Å². The molecule has 0 radical (unpaired) electrons. The van der Waals surface area contributed by atoms with Crippen LogP contribution in [0.15, 0.2) is 23.0 Å². The quantitative estimate of drug-likeness (QED) is 0.870. The number of carbonyl (C=O) groups excluding carboxylic acids is 1. The number of fused-ring (bicyclic) bond motifs is 1. The Morgan fingerprint density at radius 1 is 1.50 bits per heavy atom. The Bertz CT molecular complexity index is 770. The van der Waals surface area contributed by atoms with Gasteiger partial charge >= 0.3 is 0 Å². The summed E-state index contributed by atoms with van der Waals surface area (Å²) in [5, 5.41) is 3.97. The Labute approximate surface area is 132 Å². The minimum atomic E-state index is -0.201. The molecule has 0 atom stereocenters. The van der Waals surface area contributed by atoms with Crippen LogP contribution in [0, 0.1) is 0 Å². The van der Waals surface area contributed by atoms with Crippen molar-refractivity contribution in [1.29, 1.82) is 0 Å². The highest BCUT2D eigenvalue weighted by atomic mass is 35.5. The summed E-state index contributed by atoms with van der Waals surface area (Å²) < 4.78 is 0. The number of likely N-dealkylation sites (N-methyl/N-ethyl adjacent to an activating group) is 1. The van der Waals surface area contributed by atoms with E-state index in [1.165, 1.54) is 0 Å². The summed E-state index contributed by atoms with van der Waals surface area (Å²) >= 11 is 5.94. The Balaban J connectivity index is 1.72. The lowest BCUT2D eigenvalue weighted by molar-refractivity contribution is -0.122. The second-order valence-corrected chi connectivity index (χ2v) is 6.12. The normalized spacial score (nSPS) is 14.5. The molecule has 116 valence electrons. The summed E-state index contributed by atoms with van der Waals surface area (Å²) in [4.78, 5) is 32.7. The average Bonchev–Trinajstić information content (AvgIpc) is 3.21. The van der Waals surface area contributed by atoms with Crippen LogP contribution in [-0.2, 0) is 11.3 Å². The minimum absolute atomic E-state index is 0.00354. The van der Waals surface area contributed by atoms with Crippen LogP contribution in [0.2, 0.25) is 5.02 Å². The van der Waals surface area contributed by atoms with Crippen LogP contribution >= 0.6 is 11.6 Å². The van der Waals surface area contributed by atoms with Crippen LogP contribution in [-0.4, -0.2) is 40.4 Å². The standard InChI is InChI=1S/C15H17ClN4O2/c1-20(8-14(21)17-10-3-4-10)7-13-18-12-6-9(16)2-5-11(12)15(22)19-13/h2,5-6,10H,3-4,7-8H2,1H3,(H,17,21)(H,18,19,22). The number of hydrogen-bond acceptors (Lipinski definition) is 4. The van der Waals surface area contributed by atoms with E-state index < -0.39 is 0 Å². The molecule has 1 fully saturated rings. The van der Waals surface area contributed by atoms with Crippen molar-refractivity contribution in [2.45, 2.75) is 25.4 Å². The Kier molecular flexibility index (Phi) is 4.13. The molecule has 0 aliphatic heterocycles. The zero-order valence-electron chi connectivity index (χ0n) is 12.2. The van der Waals surface area contributed by atoms with Crippen molar-refractivity contribution < 1.29 is 4.79 Å². The first-order chi connectivity index (χ1) is 10.5. The van der Waals surface area contributed by atoms with Crippen molar-refractivity contribution in [2.24, 2.45) is 0 Å². The van der Waals surface area contributed by atoms with Gasteiger partial charge in [-0.25, -0.2) is 4.98 Å². The second-order valence-electron chi connectivity index (χ2n) is 5.69. The number of nitrogens with one attached hydrogen (secondary N) is 2. The first-order valence-corrected chi connectivity index (χ1v) is 7.55. The second kappa shape index (κ2) is 6.06. The highest BCUT2D eigenvalue weighted by Crippen LogP contribution is 2.18. The van der Waals surface area contributed by atoms with E-state index in [0.29, 0.717) is 34.3 Å². The Morgan fingerprint density at radius 2 is 2.27 bits per heavy atom. The van der Waals surface area contributed by atoms with Crippen molar-refractivity contribution >= 4 is 28.4 Å². The van der Waals surface area contributed by atoms with Crippen molar-refractivity contribution in [3.8, 4) is 0 Å². The predicted molar refractivity (Wildman–Crippen MR) is 84.9 cm³/mol. The van der Waals surface area contributed by atoms with Gasteiger partial charge in [-0.05, 0) is 38.1 Å². The van der Waals surface area contributed by atoms with E-state index in [1.807, 2.05) is 11.9 Å². The predicted octanol–water partition coefficient (Wildman–Crippen LogP) is 1.29. The van der Waals surface area contributed by atoms with Crippen molar-refractivity contribution in [3.63, 3.8) is 0 Å². The number of H-pyrrole nitrogens is 1. The molecule has 0 saturated heterocycles. The van der Waals surface area contributed by atoms with Gasteiger partial charge in [-0.15, -0.1) is 0 Å². The smallest absolute Gasteiger partial charge is 0.258 e. The number of amides is 1. The molecule has 22 heavy (non-hydrogen) atoms. The fourth-order valence-corrected chi connectivity index (χ4v) is 2.46. The van der Waals surface area contributed by atoms with Gasteiger partial charge < -0.3 is 10.3 Å². The SMILES string of the molecule is CN(CC(=O)NC1CC1)Cc1nc2cc(Cl)ccc2c(=O)[nH]1. The van der Waals surface area contributed by atoms with Gasteiger partial charge in [0.2, 0.25) is 5.91 Å². The number of benzene rings is 1. The van der Waals surface area contributed by atoms with E-state index in [-0.39, 0.29) is 18.0 Å². The molecular formula is C15H17ClN4O2. The number of nitrogens with zero attached hydrogens (tertiary/aromatic N) is 2. The number of rotatable bonds is 5. The molecule has 1 heterocycles. The highest BCUT2D eigenvalue weighted by molar-refractivity contribution is 6.31. The van der Waals surface area contributed by atoms with Gasteiger partial charge in [-0.1, -0.05) is 11.6 Å². The maximum Gasteiger partial charge on any atom is 0.258 e. The molecule has 1 aromatic carbocycles. The largest absolute Gasteiger partial charge is 0.352 e. The number of aromatic nitrogens is 2. The molecule has 2 N–H and O–H groups in total. The first-order valence-electron chi connectivity index (χ1n) is 7.17. The molecule has 6 nitrogen and oxygen atoms in total. The molecule has 3 rings (SSSR count). The van der Waals surface area contributed by atoms with E-state index in [2.05, 4.69) is 15.3 Å². The number of carbonyl (C=O) groups is 1. The van der Waals surface area contributed by atoms with Gasteiger partial charge in [-0.3, -0.25) is 14.5 Å². The van der Waals surface area contributed by atoms with Crippen LogP contribution in [0.4, 0.5) is 0 Å². The third kappa shape index (κ3) is 3.64. The lowest BCUT2D eigenvalue weighted by atomic mass is 10.2. The van der Waals surface area contributed by atoms with Crippen molar-refractivity contribution in [1.82, 2.24) is 20.2 Å². The first kappa shape index (κ1) is 15.0. The Morgan fingerprint density at radius 3 is 3.00 bits per heavy atom. The van der Waals surface area contributed by atoms with E-state index in [9.17, 15) is 9.59 Å². The maximum atomic E-state index is 12.0. The fourth-order valence-electron chi connectivity index (χ4n) is 2.29. The highest BCUT2D eigenvalue weighted by Gasteiger charge is 2.23. The van der Waals surface area contributed by atoms with Crippen LogP contribution in [0.1, 0.15) is 18.7 Å². The summed E-state index contributed by atoms with van der Waals surface area (Å²) in [7, 11) is 1.81. The van der Waals surface area contributed by atoms with E-state index in [4.69, 9.17) is 11.6 Å². The topological polar surface area (TPSA) is 78.1 Å². The van der Waals surface area contributed by atoms with Gasteiger partial charge in [0, 0.05) is 11.1 Å². The maximum absolute atomic E-state index is 12.0. The minimum Gasteiger partial charge on any atom is -0.352 e. The van der Waals surface area contributed by atoms with Gasteiger partial charge in [0.15, 0.2) is 0 Å².